The fourth-order valence-electron chi connectivity index (χ4n) is 2.41. The molecule has 0 aliphatic carbocycles. The number of carbonyl (C=O) groups is 1. The lowest BCUT2D eigenvalue weighted by Crippen LogP contribution is -2.54. The van der Waals surface area contributed by atoms with Crippen molar-refractivity contribution in [2.75, 3.05) is 33.4 Å². The lowest BCUT2D eigenvalue weighted by Gasteiger charge is -2.34. The molecule has 116 valence electrons. The van der Waals surface area contributed by atoms with E-state index in [2.05, 4.69) is 5.32 Å². The maximum absolute atomic E-state index is 14.0. The Bertz CT molecular complexity index is 496. The predicted octanol–water partition coefficient (Wildman–Crippen LogP) is 1.17. The van der Waals surface area contributed by atoms with Crippen LogP contribution in [0, 0.1) is 5.82 Å². The zero-order valence-electron chi connectivity index (χ0n) is 12.4. The summed E-state index contributed by atoms with van der Waals surface area (Å²) < 4.78 is 24.1. The second-order valence-electron chi connectivity index (χ2n) is 4.90. The lowest BCUT2D eigenvalue weighted by molar-refractivity contribution is -0.150. The van der Waals surface area contributed by atoms with Gasteiger partial charge in [-0.25, -0.2) is 4.39 Å². The molecule has 21 heavy (non-hydrogen) atoms. The van der Waals surface area contributed by atoms with E-state index in [-0.39, 0.29) is 17.8 Å². The monoisotopic (exact) mass is 296 g/mol. The summed E-state index contributed by atoms with van der Waals surface area (Å²) in [6, 6.07) is 4.40. The van der Waals surface area contributed by atoms with Crippen molar-refractivity contribution in [3.63, 3.8) is 0 Å². The molecule has 2 rings (SSSR count). The zero-order valence-corrected chi connectivity index (χ0v) is 12.4. The molecule has 1 aliphatic rings. The molecule has 1 aromatic rings. The summed E-state index contributed by atoms with van der Waals surface area (Å²) in [6.07, 6.45) is 0. The number of nitrogens with zero attached hydrogens (tertiary/aromatic N) is 1. The molecule has 1 aromatic carbocycles. The Hall–Kier alpha value is -1.66. The molecule has 0 spiro atoms. The number of carbonyl (C=O) groups excluding carboxylic acids is 1. The molecule has 0 radical (unpaired) electrons. The van der Waals surface area contributed by atoms with E-state index in [1.165, 1.54) is 13.2 Å². The van der Waals surface area contributed by atoms with Crippen LogP contribution in [0.25, 0.3) is 0 Å². The van der Waals surface area contributed by atoms with Crippen LogP contribution < -0.4 is 10.1 Å². The molecule has 0 bridgehead atoms. The first kappa shape index (κ1) is 15.7. The molecule has 1 N–H and O–H groups in total. The van der Waals surface area contributed by atoms with Crippen LogP contribution in [-0.2, 0) is 16.1 Å². The van der Waals surface area contributed by atoms with Gasteiger partial charge in [0.05, 0.1) is 13.7 Å². The molecule has 1 unspecified atom stereocenters. The third kappa shape index (κ3) is 3.92. The summed E-state index contributed by atoms with van der Waals surface area (Å²) in [6.45, 7) is 4.47. The smallest absolute Gasteiger partial charge is 0.324 e. The van der Waals surface area contributed by atoms with E-state index < -0.39 is 0 Å². The predicted molar refractivity (Wildman–Crippen MR) is 76.7 cm³/mol. The average Bonchev–Trinajstić information content (AvgIpc) is 2.50. The van der Waals surface area contributed by atoms with Crippen molar-refractivity contribution in [2.45, 2.75) is 19.5 Å². The summed E-state index contributed by atoms with van der Waals surface area (Å²) in [5, 5.41) is 3.17. The minimum atomic E-state index is -0.375. The first-order chi connectivity index (χ1) is 10.2. The molecule has 0 amide bonds. The Morgan fingerprint density at radius 2 is 2.33 bits per heavy atom. The number of ether oxygens (including phenoxy) is 2. The van der Waals surface area contributed by atoms with Gasteiger partial charge in [0.1, 0.15) is 17.6 Å². The molecule has 1 saturated heterocycles. The molecule has 5 nitrogen and oxygen atoms in total. The van der Waals surface area contributed by atoms with Crippen molar-refractivity contribution < 1.29 is 18.7 Å². The van der Waals surface area contributed by atoms with Gasteiger partial charge in [0, 0.05) is 37.8 Å². The van der Waals surface area contributed by atoms with Crippen molar-refractivity contribution in [1.29, 1.82) is 0 Å². The maximum Gasteiger partial charge on any atom is 0.324 e. The van der Waals surface area contributed by atoms with Crippen molar-refractivity contribution >= 4 is 5.97 Å². The number of hydrogen-bond acceptors (Lipinski definition) is 5. The van der Waals surface area contributed by atoms with Gasteiger partial charge in [-0.15, -0.1) is 0 Å². The van der Waals surface area contributed by atoms with Gasteiger partial charge in [0.15, 0.2) is 0 Å². The molecular weight excluding hydrogens is 275 g/mol. The van der Waals surface area contributed by atoms with Crippen LogP contribution in [0.2, 0.25) is 0 Å². The zero-order chi connectivity index (χ0) is 15.2. The lowest BCUT2D eigenvalue weighted by atomic mass is 10.1. The second-order valence-corrected chi connectivity index (χ2v) is 4.90. The summed E-state index contributed by atoms with van der Waals surface area (Å²) in [5.74, 6) is -0.104. The summed E-state index contributed by atoms with van der Waals surface area (Å²) in [7, 11) is 1.50. The Morgan fingerprint density at radius 1 is 1.52 bits per heavy atom. The first-order valence-corrected chi connectivity index (χ1v) is 7.09. The Morgan fingerprint density at radius 3 is 3.00 bits per heavy atom. The first-order valence-electron chi connectivity index (χ1n) is 7.09. The van der Waals surface area contributed by atoms with Crippen LogP contribution in [0.15, 0.2) is 18.2 Å². The van der Waals surface area contributed by atoms with Crippen LogP contribution in [0.1, 0.15) is 12.5 Å². The van der Waals surface area contributed by atoms with Crippen molar-refractivity contribution in [3.05, 3.63) is 29.6 Å². The van der Waals surface area contributed by atoms with E-state index in [1.54, 1.807) is 19.1 Å². The minimum absolute atomic E-state index is 0.265. The van der Waals surface area contributed by atoms with Gasteiger partial charge in [-0.05, 0) is 13.0 Å². The van der Waals surface area contributed by atoms with E-state index >= 15 is 0 Å². The van der Waals surface area contributed by atoms with Gasteiger partial charge in [-0.2, -0.15) is 0 Å². The highest BCUT2D eigenvalue weighted by molar-refractivity contribution is 5.76. The fraction of sp³-hybridized carbons (Fsp3) is 0.533. The average molecular weight is 296 g/mol. The van der Waals surface area contributed by atoms with Gasteiger partial charge < -0.3 is 14.8 Å². The number of nitrogens with one attached hydrogen (secondary N) is 1. The summed E-state index contributed by atoms with van der Waals surface area (Å²) in [4.78, 5) is 13.9. The van der Waals surface area contributed by atoms with E-state index in [0.29, 0.717) is 37.6 Å². The Balaban J connectivity index is 2.10. The molecule has 1 atom stereocenters. The Kier molecular flexibility index (Phi) is 5.52. The van der Waals surface area contributed by atoms with E-state index in [1.807, 2.05) is 4.90 Å². The number of halogens is 1. The molecule has 6 heteroatoms. The van der Waals surface area contributed by atoms with Crippen LogP contribution in [-0.4, -0.2) is 50.3 Å². The number of rotatable bonds is 5. The topological polar surface area (TPSA) is 50.8 Å². The van der Waals surface area contributed by atoms with Gasteiger partial charge in [-0.3, -0.25) is 9.69 Å². The second kappa shape index (κ2) is 7.38. The van der Waals surface area contributed by atoms with Crippen LogP contribution in [0.4, 0.5) is 4.39 Å². The molecule has 1 fully saturated rings. The van der Waals surface area contributed by atoms with E-state index in [9.17, 15) is 9.18 Å². The van der Waals surface area contributed by atoms with Crippen molar-refractivity contribution in [2.24, 2.45) is 0 Å². The SMILES string of the molecule is CCOC(=O)C1CNCCN1Cc1ccc(OC)cc1F. The molecule has 0 saturated carbocycles. The minimum Gasteiger partial charge on any atom is -0.497 e. The highest BCUT2D eigenvalue weighted by atomic mass is 19.1. The normalized spacial score (nSPS) is 19.3. The van der Waals surface area contributed by atoms with Gasteiger partial charge in [0.25, 0.3) is 0 Å². The highest BCUT2D eigenvalue weighted by Crippen LogP contribution is 2.19. The maximum atomic E-state index is 14.0. The van der Waals surface area contributed by atoms with Gasteiger partial charge >= 0.3 is 5.97 Å². The van der Waals surface area contributed by atoms with Crippen LogP contribution in [0.3, 0.4) is 0 Å². The standard InChI is InChI=1S/C15H21FN2O3/c1-3-21-15(19)14-9-17-6-7-18(14)10-11-4-5-12(20-2)8-13(11)16/h4-5,8,14,17H,3,6-7,9-10H2,1-2H3. The van der Waals surface area contributed by atoms with E-state index in [4.69, 9.17) is 9.47 Å². The quantitative estimate of drug-likeness (QED) is 0.827. The number of piperazine rings is 1. The van der Waals surface area contributed by atoms with Gasteiger partial charge in [0.2, 0.25) is 0 Å². The third-order valence-corrected chi connectivity index (χ3v) is 3.55. The van der Waals surface area contributed by atoms with Crippen molar-refractivity contribution in [1.82, 2.24) is 10.2 Å². The summed E-state index contributed by atoms with van der Waals surface area (Å²) in [5.41, 5.74) is 0.548. The van der Waals surface area contributed by atoms with Crippen LogP contribution in [0.5, 0.6) is 5.75 Å². The number of benzene rings is 1. The molecular formula is C15H21FN2O3. The van der Waals surface area contributed by atoms with Gasteiger partial charge in [-0.1, -0.05) is 6.07 Å². The number of hydrogen-bond donors (Lipinski definition) is 1. The molecule has 0 aromatic heterocycles. The largest absolute Gasteiger partial charge is 0.497 e. The van der Waals surface area contributed by atoms with E-state index in [0.717, 1.165) is 6.54 Å². The number of esters is 1. The molecule has 1 heterocycles. The van der Waals surface area contributed by atoms with Crippen molar-refractivity contribution in [3.8, 4) is 5.75 Å². The van der Waals surface area contributed by atoms with Crippen LogP contribution >= 0.6 is 0 Å². The molecule has 1 aliphatic heterocycles. The number of methoxy groups -OCH3 is 1. The Labute approximate surface area is 124 Å². The third-order valence-electron chi connectivity index (χ3n) is 3.55. The fourth-order valence-corrected chi connectivity index (χ4v) is 2.41. The highest BCUT2D eigenvalue weighted by Gasteiger charge is 2.30. The summed E-state index contributed by atoms with van der Waals surface area (Å²) >= 11 is 0.